The van der Waals surface area contributed by atoms with E-state index in [1.807, 2.05) is 60.7 Å². The molecule has 0 radical (unpaired) electrons. The predicted molar refractivity (Wildman–Crippen MR) is 76.2 cm³/mol. The highest BCUT2D eigenvalue weighted by Gasteiger charge is 2.05. The molecule has 19 heavy (non-hydrogen) atoms. The number of nitrogens with zero attached hydrogens (tertiary/aromatic N) is 2. The van der Waals surface area contributed by atoms with Crippen LogP contribution < -0.4 is 0 Å². The quantitative estimate of drug-likeness (QED) is 0.640. The molecule has 0 fully saturated rings. The number of aromatic hydroxyl groups is 1. The minimum Gasteiger partial charge on any atom is -0.506 e. The van der Waals surface area contributed by atoms with E-state index in [9.17, 15) is 5.11 Å². The Labute approximate surface area is 110 Å². The summed E-state index contributed by atoms with van der Waals surface area (Å²) in [5.74, 6) is 0.137. The number of hydrogen-bond donors (Lipinski definition) is 1. The second kappa shape index (κ2) is 4.90. The average molecular weight is 248 g/mol. The highest BCUT2D eigenvalue weighted by atomic mass is 16.3. The Morgan fingerprint density at radius 2 is 1.42 bits per heavy atom. The standard InChI is InChI=1S/C16H12N2O/c19-15-11-10-12-6-4-5-9-14(12)16(15)18-17-13-7-2-1-3-8-13/h1-11,19H/b18-17+. The van der Waals surface area contributed by atoms with Crippen LogP contribution in [-0.4, -0.2) is 5.11 Å². The molecule has 1 N–H and O–H groups in total. The Morgan fingerprint density at radius 3 is 2.26 bits per heavy atom. The molecule has 0 saturated heterocycles. The van der Waals surface area contributed by atoms with E-state index < -0.39 is 0 Å². The van der Waals surface area contributed by atoms with Crippen molar-refractivity contribution in [1.82, 2.24) is 0 Å². The monoisotopic (exact) mass is 248 g/mol. The van der Waals surface area contributed by atoms with E-state index >= 15 is 0 Å². The Morgan fingerprint density at radius 1 is 0.684 bits per heavy atom. The molecule has 0 spiro atoms. The first-order chi connectivity index (χ1) is 9.34. The van der Waals surface area contributed by atoms with Gasteiger partial charge in [-0.15, -0.1) is 5.11 Å². The van der Waals surface area contributed by atoms with Crippen molar-refractivity contribution < 1.29 is 5.11 Å². The van der Waals surface area contributed by atoms with E-state index in [4.69, 9.17) is 0 Å². The van der Waals surface area contributed by atoms with E-state index in [1.54, 1.807) is 6.07 Å². The first kappa shape index (κ1) is 11.4. The van der Waals surface area contributed by atoms with Crippen molar-refractivity contribution in [1.29, 1.82) is 0 Å². The lowest BCUT2D eigenvalue weighted by Crippen LogP contribution is -1.74. The average Bonchev–Trinajstić information content (AvgIpc) is 2.47. The van der Waals surface area contributed by atoms with Gasteiger partial charge < -0.3 is 5.11 Å². The third kappa shape index (κ3) is 2.31. The van der Waals surface area contributed by atoms with Gasteiger partial charge in [0.25, 0.3) is 0 Å². The van der Waals surface area contributed by atoms with Gasteiger partial charge in [0.1, 0.15) is 11.4 Å². The fraction of sp³-hybridized carbons (Fsp3) is 0. The molecule has 0 bridgehead atoms. The number of phenols is 1. The minimum atomic E-state index is 0.137. The van der Waals surface area contributed by atoms with Gasteiger partial charge in [-0.25, -0.2) is 0 Å². The van der Waals surface area contributed by atoms with Crippen LogP contribution in [0.1, 0.15) is 0 Å². The molecule has 0 amide bonds. The number of benzene rings is 3. The number of phenolic OH excluding ortho intramolecular Hbond substituents is 1. The molecule has 0 saturated carbocycles. The van der Waals surface area contributed by atoms with Crippen LogP contribution in [0.25, 0.3) is 10.8 Å². The summed E-state index contributed by atoms with van der Waals surface area (Å²) in [5, 5.41) is 20.2. The fourth-order valence-electron chi connectivity index (χ4n) is 1.95. The summed E-state index contributed by atoms with van der Waals surface area (Å²) in [6.45, 7) is 0. The molecule has 0 heterocycles. The lowest BCUT2D eigenvalue weighted by atomic mass is 10.1. The molecule has 0 atom stereocenters. The van der Waals surface area contributed by atoms with Crippen molar-refractivity contribution in [2.24, 2.45) is 10.2 Å². The predicted octanol–water partition coefficient (Wildman–Crippen LogP) is 4.96. The Hall–Kier alpha value is -2.68. The molecule has 3 aromatic carbocycles. The molecular formula is C16H12N2O. The maximum Gasteiger partial charge on any atom is 0.143 e. The molecule has 3 aromatic rings. The summed E-state index contributed by atoms with van der Waals surface area (Å²) in [7, 11) is 0. The van der Waals surface area contributed by atoms with Crippen molar-refractivity contribution in [3.8, 4) is 5.75 Å². The zero-order valence-electron chi connectivity index (χ0n) is 10.2. The zero-order valence-corrected chi connectivity index (χ0v) is 10.2. The van der Waals surface area contributed by atoms with Crippen LogP contribution in [-0.2, 0) is 0 Å². The number of rotatable bonds is 2. The van der Waals surface area contributed by atoms with Crippen LogP contribution in [0.5, 0.6) is 5.75 Å². The molecule has 0 aliphatic heterocycles. The van der Waals surface area contributed by atoms with E-state index in [1.165, 1.54) is 0 Å². The summed E-state index contributed by atoms with van der Waals surface area (Å²) >= 11 is 0. The van der Waals surface area contributed by atoms with Gasteiger partial charge in [-0.2, -0.15) is 5.11 Å². The summed E-state index contributed by atoms with van der Waals surface area (Å²) in [4.78, 5) is 0. The second-order valence-corrected chi connectivity index (χ2v) is 4.19. The minimum absolute atomic E-state index is 0.137. The van der Waals surface area contributed by atoms with Crippen LogP contribution >= 0.6 is 0 Å². The fourth-order valence-corrected chi connectivity index (χ4v) is 1.95. The normalized spacial score (nSPS) is 11.2. The van der Waals surface area contributed by atoms with E-state index in [0.29, 0.717) is 5.69 Å². The third-order valence-electron chi connectivity index (χ3n) is 2.90. The smallest absolute Gasteiger partial charge is 0.143 e. The van der Waals surface area contributed by atoms with Crippen LogP contribution in [0.15, 0.2) is 77.0 Å². The maximum atomic E-state index is 9.93. The van der Waals surface area contributed by atoms with Gasteiger partial charge >= 0.3 is 0 Å². The zero-order chi connectivity index (χ0) is 13.1. The molecule has 0 aromatic heterocycles. The van der Waals surface area contributed by atoms with Crippen molar-refractivity contribution in [2.45, 2.75) is 0 Å². The van der Waals surface area contributed by atoms with Crippen molar-refractivity contribution in [3.05, 3.63) is 66.7 Å². The van der Waals surface area contributed by atoms with Crippen LogP contribution in [0, 0.1) is 0 Å². The van der Waals surface area contributed by atoms with Gasteiger partial charge in [0.15, 0.2) is 0 Å². The van der Waals surface area contributed by atoms with Gasteiger partial charge in [0, 0.05) is 5.39 Å². The van der Waals surface area contributed by atoms with Gasteiger partial charge in [-0.05, 0) is 23.6 Å². The molecule has 3 nitrogen and oxygen atoms in total. The molecule has 0 aliphatic carbocycles. The summed E-state index contributed by atoms with van der Waals surface area (Å²) < 4.78 is 0. The summed E-state index contributed by atoms with van der Waals surface area (Å²) in [6, 6.07) is 20.7. The molecule has 3 heteroatoms. The van der Waals surface area contributed by atoms with E-state index in [0.717, 1.165) is 16.5 Å². The van der Waals surface area contributed by atoms with Crippen molar-refractivity contribution >= 4 is 22.1 Å². The van der Waals surface area contributed by atoms with E-state index in [-0.39, 0.29) is 5.75 Å². The van der Waals surface area contributed by atoms with Gasteiger partial charge in [0.05, 0.1) is 5.69 Å². The van der Waals surface area contributed by atoms with Crippen molar-refractivity contribution in [2.75, 3.05) is 0 Å². The number of hydrogen-bond acceptors (Lipinski definition) is 3. The topological polar surface area (TPSA) is 45.0 Å². The summed E-state index contributed by atoms with van der Waals surface area (Å²) in [5.41, 5.74) is 1.26. The van der Waals surface area contributed by atoms with Gasteiger partial charge in [-0.3, -0.25) is 0 Å². The number of azo groups is 1. The van der Waals surface area contributed by atoms with Crippen molar-refractivity contribution in [3.63, 3.8) is 0 Å². The lowest BCUT2D eigenvalue weighted by molar-refractivity contribution is 0.477. The highest BCUT2D eigenvalue weighted by molar-refractivity contribution is 5.95. The molecular weight excluding hydrogens is 236 g/mol. The molecule has 92 valence electrons. The Kier molecular flexibility index (Phi) is 2.94. The van der Waals surface area contributed by atoms with Gasteiger partial charge in [-0.1, -0.05) is 48.5 Å². The lowest BCUT2D eigenvalue weighted by Gasteiger charge is -2.03. The molecule has 0 unspecified atom stereocenters. The Bertz CT molecular complexity index is 736. The molecule has 0 aliphatic rings. The SMILES string of the molecule is Oc1ccc2ccccc2c1/N=N/c1ccccc1. The largest absolute Gasteiger partial charge is 0.506 e. The summed E-state index contributed by atoms with van der Waals surface area (Å²) in [6.07, 6.45) is 0. The first-order valence-corrected chi connectivity index (χ1v) is 6.02. The van der Waals surface area contributed by atoms with Crippen LogP contribution in [0.3, 0.4) is 0 Å². The van der Waals surface area contributed by atoms with Gasteiger partial charge in [0.2, 0.25) is 0 Å². The molecule has 3 rings (SSSR count). The van der Waals surface area contributed by atoms with Crippen LogP contribution in [0.4, 0.5) is 11.4 Å². The van der Waals surface area contributed by atoms with Crippen LogP contribution in [0.2, 0.25) is 0 Å². The first-order valence-electron chi connectivity index (χ1n) is 6.02. The van der Waals surface area contributed by atoms with E-state index in [2.05, 4.69) is 10.2 Å². The second-order valence-electron chi connectivity index (χ2n) is 4.19. The Balaban J connectivity index is 2.10. The highest BCUT2D eigenvalue weighted by Crippen LogP contribution is 2.35. The maximum absolute atomic E-state index is 9.93. The third-order valence-corrected chi connectivity index (χ3v) is 2.90. The number of fused-ring (bicyclic) bond motifs is 1.